The maximum atomic E-state index is 5.39. The quantitative estimate of drug-likeness (QED) is 0.418. The SMILES string of the molecule is CC1=CCC(C)CC1.CC1CCC(C)CC1.CC1CCC(C)OC1. The zero-order valence-corrected chi connectivity index (χ0v) is 17.4. The molecule has 0 aromatic rings. The number of ether oxygens (including phenoxy) is 1. The Labute approximate surface area is 152 Å². The van der Waals surface area contributed by atoms with Crippen molar-refractivity contribution in [3.63, 3.8) is 0 Å². The lowest BCUT2D eigenvalue weighted by atomic mass is 9.84. The van der Waals surface area contributed by atoms with Gasteiger partial charge in [0.05, 0.1) is 6.10 Å². The molecule has 1 aliphatic heterocycles. The van der Waals surface area contributed by atoms with Gasteiger partial charge in [0, 0.05) is 6.61 Å². The molecule has 1 saturated carbocycles. The van der Waals surface area contributed by atoms with Crippen LogP contribution in [0.15, 0.2) is 11.6 Å². The van der Waals surface area contributed by atoms with Crippen molar-refractivity contribution in [2.75, 3.05) is 6.61 Å². The van der Waals surface area contributed by atoms with Gasteiger partial charge in [-0.15, -0.1) is 0 Å². The van der Waals surface area contributed by atoms with Crippen molar-refractivity contribution in [1.29, 1.82) is 0 Å². The molecular weight excluding hydrogens is 292 g/mol. The Bertz CT molecular complexity index is 290. The van der Waals surface area contributed by atoms with E-state index in [0.29, 0.717) is 6.10 Å². The Hall–Kier alpha value is -0.300. The highest BCUT2D eigenvalue weighted by Crippen LogP contribution is 2.27. The van der Waals surface area contributed by atoms with Gasteiger partial charge in [0.2, 0.25) is 0 Å². The summed E-state index contributed by atoms with van der Waals surface area (Å²) in [6, 6.07) is 0. The summed E-state index contributed by atoms with van der Waals surface area (Å²) in [7, 11) is 0. The Kier molecular flexibility index (Phi) is 11.0. The second kappa shape index (κ2) is 12.1. The minimum Gasteiger partial charge on any atom is -0.378 e. The largest absolute Gasteiger partial charge is 0.378 e. The lowest BCUT2D eigenvalue weighted by molar-refractivity contribution is 0.000267. The molecule has 142 valence electrons. The van der Waals surface area contributed by atoms with Crippen LogP contribution in [0.25, 0.3) is 0 Å². The van der Waals surface area contributed by atoms with Crippen molar-refractivity contribution in [2.45, 2.75) is 105 Å². The van der Waals surface area contributed by atoms with Crippen molar-refractivity contribution >= 4 is 0 Å². The van der Waals surface area contributed by atoms with E-state index in [0.717, 1.165) is 30.3 Å². The second-order valence-electron chi connectivity index (χ2n) is 9.12. The minimum absolute atomic E-state index is 0.520. The third-order valence-corrected chi connectivity index (χ3v) is 5.94. The van der Waals surface area contributed by atoms with Crippen LogP contribution in [0.4, 0.5) is 0 Å². The van der Waals surface area contributed by atoms with Gasteiger partial charge in [0.25, 0.3) is 0 Å². The van der Waals surface area contributed by atoms with Crippen molar-refractivity contribution in [3.8, 4) is 0 Å². The van der Waals surface area contributed by atoms with Crippen LogP contribution in [0.5, 0.6) is 0 Å². The molecule has 3 unspecified atom stereocenters. The van der Waals surface area contributed by atoms with Gasteiger partial charge in [-0.25, -0.2) is 0 Å². The van der Waals surface area contributed by atoms with E-state index in [1.165, 1.54) is 57.8 Å². The van der Waals surface area contributed by atoms with Gasteiger partial charge in [-0.1, -0.05) is 65.0 Å². The van der Waals surface area contributed by atoms with Crippen molar-refractivity contribution < 1.29 is 4.74 Å². The molecule has 1 heterocycles. The highest BCUT2D eigenvalue weighted by molar-refractivity contribution is 5.01. The predicted molar refractivity (Wildman–Crippen MR) is 107 cm³/mol. The Morgan fingerprint density at radius 1 is 0.708 bits per heavy atom. The molecule has 3 atom stereocenters. The van der Waals surface area contributed by atoms with Crippen LogP contribution in [0, 0.1) is 23.7 Å². The maximum Gasteiger partial charge on any atom is 0.0547 e. The van der Waals surface area contributed by atoms with Crippen LogP contribution in [0.3, 0.4) is 0 Å². The highest BCUT2D eigenvalue weighted by Gasteiger charge is 2.14. The fraction of sp³-hybridized carbons (Fsp3) is 0.913. The third-order valence-electron chi connectivity index (χ3n) is 5.94. The van der Waals surface area contributed by atoms with Gasteiger partial charge in [-0.05, 0) is 69.6 Å². The summed E-state index contributed by atoms with van der Waals surface area (Å²) >= 11 is 0. The first-order valence-corrected chi connectivity index (χ1v) is 10.6. The Morgan fingerprint density at radius 2 is 1.25 bits per heavy atom. The maximum absolute atomic E-state index is 5.39. The van der Waals surface area contributed by atoms with Crippen molar-refractivity contribution in [2.24, 2.45) is 23.7 Å². The molecule has 3 rings (SSSR count). The molecule has 0 aromatic carbocycles. The summed E-state index contributed by atoms with van der Waals surface area (Å²) in [6.07, 6.45) is 15.4. The van der Waals surface area contributed by atoms with Gasteiger partial charge in [-0.2, -0.15) is 0 Å². The summed E-state index contributed by atoms with van der Waals surface area (Å²) in [5.74, 6) is 3.78. The molecule has 0 bridgehead atoms. The van der Waals surface area contributed by atoms with E-state index in [1.807, 2.05) is 0 Å². The standard InChI is InChI=1S/C8H16.C8H14.C7H14O/c2*1-7-3-5-8(2)6-4-7;1-6-3-4-7(2)8-5-6/h7-8H,3-6H2,1-2H3;3,8H,4-6H2,1-2H3;6-7H,3-5H2,1-2H3. The van der Waals surface area contributed by atoms with Gasteiger partial charge in [-0.3, -0.25) is 0 Å². The second-order valence-corrected chi connectivity index (χ2v) is 9.12. The van der Waals surface area contributed by atoms with E-state index >= 15 is 0 Å². The first-order valence-electron chi connectivity index (χ1n) is 10.6. The summed E-state index contributed by atoms with van der Waals surface area (Å²) in [4.78, 5) is 0. The van der Waals surface area contributed by atoms with Crippen molar-refractivity contribution in [1.82, 2.24) is 0 Å². The predicted octanol–water partition coefficient (Wildman–Crippen LogP) is 7.41. The molecule has 0 radical (unpaired) electrons. The molecule has 1 heteroatoms. The summed E-state index contributed by atoms with van der Waals surface area (Å²) in [6.45, 7) is 14.6. The average Bonchev–Trinajstić information content (AvgIpc) is 2.57. The molecular formula is C23H44O. The minimum atomic E-state index is 0.520. The number of rotatable bonds is 0. The van der Waals surface area contributed by atoms with E-state index in [9.17, 15) is 0 Å². The Balaban J connectivity index is 0.000000180. The van der Waals surface area contributed by atoms with Crippen LogP contribution in [-0.4, -0.2) is 12.7 Å². The van der Waals surface area contributed by atoms with E-state index in [1.54, 1.807) is 5.57 Å². The molecule has 0 aromatic heterocycles. The molecule has 24 heavy (non-hydrogen) atoms. The van der Waals surface area contributed by atoms with Crippen LogP contribution in [-0.2, 0) is 4.74 Å². The molecule has 0 N–H and O–H groups in total. The molecule has 1 nitrogen and oxygen atoms in total. The molecule has 3 aliphatic rings. The van der Waals surface area contributed by atoms with Gasteiger partial charge >= 0.3 is 0 Å². The summed E-state index contributed by atoms with van der Waals surface area (Å²) in [5.41, 5.74) is 1.59. The fourth-order valence-corrected chi connectivity index (χ4v) is 3.54. The number of hydrogen-bond donors (Lipinski definition) is 0. The van der Waals surface area contributed by atoms with Crippen LogP contribution in [0.1, 0.15) is 99.3 Å². The van der Waals surface area contributed by atoms with Gasteiger partial charge in [0.15, 0.2) is 0 Å². The van der Waals surface area contributed by atoms with E-state index < -0.39 is 0 Å². The fourth-order valence-electron chi connectivity index (χ4n) is 3.54. The topological polar surface area (TPSA) is 9.23 Å². The van der Waals surface area contributed by atoms with E-state index in [2.05, 4.69) is 47.6 Å². The Morgan fingerprint density at radius 3 is 1.58 bits per heavy atom. The normalized spacial score (nSPS) is 36.4. The summed E-state index contributed by atoms with van der Waals surface area (Å²) < 4.78 is 5.39. The molecule has 1 saturated heterocycles. The first-order chi connectivity index (χ1) is 11.4. The van der Waals surface area contributed by atoms with E-state index in [4.69, 9.17) is 4.74 Å². The first kappa shape index (κ1) is 21.7. The van der Waals surface area contributed by atoms with Crippen LogP contribution < -0.4 is 0 Å². The number of allylic oxidation sites excluding steroid dienone is 2. The molecule has 2 aliphatic carbocycles. The van der Waals surface area contributed by atoms with Crippen LogP contribution in [0.2, 0.25) is 0 Å². The zero-order valence-electron chi connectivity index (χ0n) is 17.4. The lowest BCUT2D eigenvalue weighted by Gasteiger charge is -2.23. The lowest BCUT2D eigenvalue weighted by Crippen LogP contribution is -2.21. The molecule has 2 fully saturated rings. The third kappa shape index (κ3) is 10.5. The average molecular weight is 337 g/mol. The number of hydrogen-bond acceptors (Lipinski definition) is 1. The van der Waals surface area contributed by atoms with E-state index in [-0.39, 0.29) is 0 Å². The smallest absolute Gasteiger partial charge is 0.0547 e. The van der Waals surface area contributed by atoms with Crippen molar-refractivity contribution in [3.05, 3.63) is 11.6 Å². The molecule has 0 amide bonds. The molecule has 0 spiro atoms. The van der Waals surface area contributed by atoms with Gasteiger partial charge in [0.1, 0.15) is 0 Å². The monoisotopic (exact) mass is 336 g/mol. The van der Waals surface area contributed by atoms with Gasteiger partial charge < -0.3 is 4.74 Å². The zero-order chi connectivity index (χ0) is 17.9. The highest BCUT2D eigenvalue weighted by atomic mass is 16.5. The summed E-state index contributed by atoms with van der Waals surface area (Å²) in [5, 5.41) is 0. The van der Waals surface area contributed by atoms with Crippen LogP contribution >= 0.6 is 0 Å².